The Morgan fingerprint density at radius 2 is 2.22 bits per heavy atom. The molecule has 7 nitrogen and oxygen atoms in total. The number of hydrogen-bond donors (Lipinski definition) is 1. The number of carboxylic acids is 1. The van der Waals surface area contributed by atoms with Gasteiger partial charge in [-0.15, -0.1) is 0 Å². The van der Waals surface area contributed by atoms with Gasteiger partial charge in [-0.2, -0.15) is 4.31 Å². The molecule has 102 valence electrons. The molecule has 0 aliphatic heterocycles. The highest BCUT2D eigenvalue weighted by molar-refractivity contribution is 7.88. The maximum absolute atomic E-state index is 12.0. The summed E-state index contributed by atoms with van der Waals surface area (Å²) >= 11 is 0. The minimum Gasteiger partial charge on any atom is -0.480 e. The van der Waals surface area contributed by atoms with E-state index in [-0.39, 0.29) is 18.0 Å². The molecule has 0 atom stereocenters. The Morgan fingerprint density at radius 3 is 2.67 bits per heavy atom. The van der Waals surface area contributed by atoms with E-state index in [0.29, 0.717) is 12.2 Å². The number of aliphatic carboxylic acids is 1. The van der Waals surface area contributed by atoms with E-state index in [1.807, 2.05) is 0 Å². The van der Waals surface area contributed by atoms with Crippen molar-refractivity contribution in [2.24, 2.45) is 0 Å². The van der Waals surface area contributed by atoms with E-state index >= 15 is 0 Å². The summed E-state index contributed by atoms with van der Waals surface area (Å²) in [5.41, 5.74) is 0.277. The first-order valence-electron chi connectivity index (χ1n) is 5.47. The van der Waals surface area contributed by atoms with E-state index in [1.54, 1.807) is 13.8 Å². The zero-order chi connectivity index (χ0) is 13.8. The van der Waals surface area contributed by atoms with Crippen LogP contribution in [0.25, 0.3) is 0 Å². The Labute approximate surface area is 105 Å². The van der Waals surface area contributed by atoms with Gasteiger partial charge in [-0.25, -0.2) is 8.42 Å². The maximum atomic E-state index is 12.0. The molecular formula is C10H16N2O5S. The molecule has 0 amide bonds. The Hall–Kier alpha value is -1.41. The fourth-order valence-electron chi connectivity index (χ4n) is 1.48. The predicted octanol–water partition coefficient (Wildman–Crippen LogP) is 0.609. The third-order valence-corrected chi connectivity index (χ3v) is 3.94. The van der Waals surface area contributed by atoms with Crippen LogP contribution in [-0.2, 0) is 20.6 Å². The number of carbonyl (C=O) groups is 1. The van der Waals surface area contributed by atoms with Crippen LogP contribution in [0.5, 0.6) is 0 Å². The van der Waals surface area contributed by atoms with E-state index in [1.165, 1.54) is 6.07 Å². The molecule has 0 saturated carbocycles. The first-order chi connectivity index (χ1) is 8.35. The lowest BCUT2D eigenvalue weighted by atomic mass is 10.4. The molecular weight excluding hydrogens is 260 g/mol. The van der Waals surface area contributed by atoms with Gasteiger partial charge in [0, 0.05) is 12.6 Å². The third-order valence-electron chi connectivity index (χ3n) is 2.19. The van der Waals surface area contributed by atoms with E-state index in [2.05, 4.69) is 5.16 Å². The van der Waals surface area contributed by atoms with Gasteiger partial charge in [0.2, 0.25) is 10.0 Å². The SMILES string of the molecule is CCCN(CC(=O)O)S(=O)(=O)Cc1cc(C)on1. The van der Waals surface area contributed by atoms with E-state index in [9.17, 15) is 13.2 Å². The van der Waals surface area contributed by atoms with Crippen molar-refractivity contribution < 1.29 is 22.8 Å². The van der Waals surface area contributed by atoms with Crippen LogP contribution in [0, 0.1) is 6.92 Å². The smallest absolute Gasteiger partial charge is 0.318 e. The lowest BCUT2D eigenvalue weighted by molar-refractivity contribution is -0.137. The van der Waals surface area contributed by atoms with E-state index in [4.69, 9.17) is 9.63 Å². The molecule has 0 saturated heterocycles. The lowest BCUT2D eigenvalue weighted by Crippen LogP contribution is -2.37. The summed E-state index contributed by atoms with van der Waals surface area (Å²) < 4.78 is 29.8. The van der Waals surface area contributed by atoms with Gasteiger partial charge in [0.05, 0.1) is 0 Å². The summed E-state index contributed by atoms with van der Waals surface area (Å²) in [6.45, 7) is 3.08. The summed E-state index contributed by atoms with van der Waals surface area (Å²) in [6.07, 6.45) is 0.546. The fraction of sp³-hybridized carbons (Fsp3) is 0.600. The van der Waals surface area contributed by atoms with Gasteiger partial charge >= 0.3 is 5.97 Å². The Balaban J connectivity index is 2.84. The highest BCUT2D eigenvalue weighted by atomic mass is 32.2. The molecule has 0 bridgehead atoms. The summed E-state index contributed by atoms with van der Waals surface area (Å²) in [5.74, 6) is -1.01. The second kappa shape index (κ2) is 5.96. The molecule has 1 heterocycles. The van der Waals surface area contributed by atoms with Gasteiger partial charge in [0.25, 0.3) is 0 Å². The normalized spacial score (nSPS) is 11.9. The molecule has 18 heavy (non-hydrogen) atoms. The third kappa shape index (κ3) is 4.11. The molecule has 0 fully saturated rings. The average molecular weight is 276 g/mol. The highest BCUT2D eigenvalue weighted by Crippen LogP contribution is 2.11. The van der Waals surface area contributed by atoms with Crippen LogP contribution in [0.3, 0.4) is 0 Å². The summed E-state index contributed by atoms with van der Waals surface area (Å²) in [5, 5.41) is 12.3. The molecule has 1 aromatic rings. The Morgan fingerprint density at radius 1 is 1.56 bits per heavy atom. The van der Waals surface area contributed by atoms with Gasteiger partial charge in [-0.3, -0.25) is 4.79 Å². The fourth-order valence-corrected chi connectivity index (χ4v) is 2.94. The Bertz CT molecular complexity index is 508. The van der Waals surface area contributed by atoms with Crippen molar-refractivity contribution in [3.63, 3.8) is 0 Å². The molecule has 0 spiro atoms. The van der Waals surface area contributed by atoms with Gasteiger partial charge in [-0.1, -0.05) is 12.1 Å². The van der Waals surface area contributed by atoms with Crippen LogP contribution >= 0.6 is 0 Å². The van der Waals surface area contributed by atoms with Crippen LogP contribution in [0.4, 0.5) is 0 Å². The standard InChI is InChI=1S/C10H16N2O5S/c1-3-4-12(6-10(13)14)18(15,16)7-9-5-8(2)17-11-9/h5H,3-4,6-7H2,1-2H3,(H,13,14). The lowest BCUT2D eigenvalue weighted by Gasteiger charge is -2.18. The van der Waals surface area contributed by atoms with Crippen molar-refractivity contribution in [3.05, 3.63) is 17.5 Å². The van der Waals surface area contributed by atoms with Crippen molar-refractivity contribution in [1.29, 1.82) is 0 Å². The Kier molecular flexibility index (Phi) is 4.85. The van der Waals surface area contributed by atoms with Crippen LogP contribution < -0.4 is 0 Å². The monoisotopic (exact) mass is 276 g/mol. The minimum absolute atomic E-state index is 0.172. The number of hydrogen-bond acceptors (Lipinski definition) is 5. The number of aromatic nitrogens is 1. The number of aryl methyl sites for hydroxylation is 1. The topological polar surface area (TPSA) is 101 Å². The zero-order valence-electron chi connectivity index (χ0n) is 10.3. The summed E-state index contributed by atoms with van der Waals surface area (Å²) in [7, 11) is -3.69. The van der Waals surface area contributed by atoms with Crippen LogP contribution in [0.2, 0.25) is 0 Å². The maximum Gasteiger partial charge on any atom is 0.318 e. The van der Waals surface area contributed by atoms with Gasteiger partial charge in [0.1, 0.15) is 23.8 Å². The zero-order valence-corrected chi connectivity index (χ0v) is 11.1. The van der Waals surface area contributed by atoms with E-state index < -0.39 is 22.5 Å². The molecule has 0 unspecified atom stereocenters. The van der Waals surface area contributed by atoms with Crippen molar-refractivity contribution in [1.82, 2.24) is 9.46 Å². The molecule has 1 N–H and O–H groups in total. The van der Waals surface area contributed by atoms with Crippen molar-refractivity contribution in [3.8, 4) is 0 Å². The second-order valence-electron chi connectivity index (χ2n) is 3.91. The predicted molar refractivity (Wildman–Crippen MR) is 63.4 cm³/mol. The number of rotatable bonds is 7. The quantitative estimate of drug-likeness (QED) is 0.783. The number of carboxylic acid groups (broad SMARTS) is 1. The van der Waals surface area contributed by atoms with Crippen LogP contribution in [0.1, 0.15) is 24.8 Å². The second-order valence-corrected chi connectivity index (χ2v) is 5.88. The summed E-state index contributed by atoms with van der Waals surface area (Å²) in [4.78, 5) is 10.6. The highest BCUT2D eigenvalue weighted by Gasteiger charge is 2.25. The number of sulfonamides is 1. The minimum atomic E-state index is -3.69. The van der Waals surface area contributed by atoms with Crippen LogP contribution in [-0.4, -0.2) is 42.0 Å². The molecule has 0 radical (unpaired) electrons. The molecule has 0 aliphatic carbocycles. The first kappa shape index (κ1) is 14.7. The number of nitrogens with zero attached hydrogens (tertiary/aromatic N) is 2. The molecule has 0 aliphatic rings. The molecule has 1 rings (SSSR count). The largest absolute Gasteiger partial charge is 0.480 e. The first-order valence-corrected chi connectivity index (χ1v) is 7.08. The summed E-state index contributed by atoms with van der Waals surface area (Å²) in [6, 6.07) is 1.52. The molecule has 0 aromatic carbocycles. The molecule has 1 aromatic heterocycles. The molecule has 8 heteroatoms. The van der Waals surface area contributed by atoms with Crippen molar-refractivity contribution in [2.75, 3.05) is 13.1 Å². The average Bonchev–Trinajstić information content (AvgIpc) is 2.62. The van der Waals surface area contributed by atoms with Gasteiger partial charge in [-0.05, 0) is 13.3 Å². The van der Waals surface area contributed by atoms with Gasteiger partial charge < -0.3 is 9.63 Å². The van der Waals surface area contributed by atoms with Crippen molar-refractivity contribution in [2.45, 2.75) is 26.0 Å². The van der Waals surface area contributed by atoms with Gasteiger partial charge in [0.15, 0.2) is 0 Å². The van der Waals surface area contributed by atoms with Crippen molar-refractivity contribution >= 4 is 16.0 Å². The van der Waals surface area contributed by atoms with E-state index in [0.717, 1.165) is 4.31 Å². The van der Waals surface area contributed by atoms with Crippen LogP contribution in [0.15, 0.2) is 10.6 Å².